The number of carbonyl (C=O) groups is 1. The molecule has 1 saturated heterocycles. The molecule has 3 aromatic heterocycles. The fourth-order valence-electron chi connectivity index (χ4n) is 5.29. The maximum absolute atomic E-state index is 12.3. The molecule has 5 aromatic rings. The molecule has 7 heteroatoms. The summed E-state index contributed by atoms with van der Waals surface area (Å²) in [6.45, 7) is 2.21. The number of pyridine rings is 1. The van der Waals surface area contributed by atoms with Crippen molar-refractivity contribution in [3.05, 3.63) is 72.7 Å². The standard InChI is InChI=1S/C29H30N6O/c1-33(2)29(36)20-9-7-19(8-10-20)25-17-31-28-24(25)15-21(16-30-28)23-5-4-6-27-26(23)18-32-35(27)22-11-13-34(3)14-12-22/h4-10,15-18,22H,11-14H2,1-3H3,(H,30,31). The van der Waals surface area contributed by atoms with Crippen LogP contribution >= 0.6 is 0 Å². The number of carbonyl (C=O) groups excluding carboxylic acids is 1. The normalized spacial score (nSPS) is 15.1. The summed E-state index contributed by atoms with van der Waals surface area (Å²) in [6.07, 6.45) is 8.17. The third-order valence-corrected chi connectivity index (χ3v) is 7.37. The van der Waals surface area contributed by atoms with E-state index in [-0.39, 0.29) is 5.91 Å². The zero-order chi connectivity index (χ0) is 24.8. The summed E-state index contributed by atoms with van der Waals surface area (Å²) >= 11 is 0. The molecule has 1 aliphatic rings. The van der Waals surface area contributed by atoms with Crippen LogP contribution in [-0.2, 0) is 0 Å². The van der Waals surface area contributed by atoms with Crippen molar-refractivity contribution in [2.45, 2.75) is 18.9 Å². The molecule has 36 heavy (non-hydrogen) atoms. The number of fused-ring (bicyclic) bond motifs is 2. The zero-order valence-corrected chi connectivity index (χ0v) is 20.9. The van der Waals surface area contributed by atoms with Crippen LogP contribution < -0.4 is 0 Å². The number of likely N-dealkylation sites (tertiary alicyclic amines) is 1. The molecular weight excluding hydrogens is 448 g/mol. The van der Waals surface area contributed by atoms with Gasteiger partial charge in [0.25, 0.3) is 5.91 Å². The molecule has 0 unspecified atom stereocenters. The third-order valence-electron chi connectivity index (χ3n) is 7.37. The average Bonchev–Trinajstić information content (AvgIpc) is 3.53. The van der Waals surface area contributed by atoms with E-state index in [0.717, 1.165) is 64.6 Å². The van der Waals surface area contributed by atoms with Crippen LogP contribution in [0.15, 0.2) is 67.1 Å². The van der Waals surface area contributed by atoms with Crippen molar-refractivity contribution >= 4 is 27.8 Å². The van der Waals surface area contributed by atoms with E-state index in [1.54, 1.807) is 19.0 Å². The number of nitrogens with zero attached hydrogens (tertiary/aromatic N) is 5. The van der Waals surface area contributed by atoms with Crippen molar-refractivity contribution in [1.82, 2.24) is 29.5 Å². The predicted octanol–water partition coefficient (Wildman–Crippen LogP) is 5.22. The Morgan fingerprint density at radius 1 is 0.972 bits per heavy atom. The minimum Gasteiger partial charge on any atom is -0.346 e. The lowest BCUT2D eigenvalue weighted by Crippen LogP contribution is -2.31. The molecule has 4 heterocycles. The van der Waals surface area contributed by atoms with Crippen LogP contribution in [0.4, 0.5) is 0 Å². The van der Waals surface area contributed by atoms with E-state index in [0.29, 0.717) is 11.6 Å². The van der Waals surface area contributed by atoms with E-state index >= 15 is 0 Å². The molecule has 1 N–H and O–H groups in total. The Morgan fingerprint density at radius 2 is 1.75 bits per heavy atom. The van der Waals surface area contributed by atoms with Gasteiger partial charge in [0.2, 0.25) is 0 Å². The SMILES string of the molecule is CN1CCC(n2ncc3c(-c4cnc5[nH]cc(-c6ccc(C(=O)N(C)C)cc6)c5c4)cccc32)CC1. The Labute approximate surface area is 210 Å². The van der Waals surface area contributed by atoms with Crippen LogP contribution in [-0.4, -0.2) is 69.7 Å². The fourth-order valence-corrected chi connectivity index (χ4v) is 5.29. The monoisotopic (exact) mass is 478 g/mol. The molecule has 2 aromatic carbocycles. The quantitative estimate of drug-likeness (QED) is 0.385. The van der Waals surface area contributed by atoms with Crippen LogP contribution in [0.25, 0.3) is 44.2 Å². The second-order valence-corrected chi connectivity index (χ2v) is 9.96. The van der Waals surface area contributed by atoms with Gasteiger partial charge < -0.3 is 14.8 Å². The van der Waals surface area contributed by atoms with E-state index in [1.165, 1.54) is 5.52 Å². The summed E-state index contributed by atoms with van der Waals surface area (Å²) in [5.74, 6) is -0.00156. The largest absolute Gasteiger partial charge is 0.346 e. The highest BCUT2D eigenvalue weighted by Crippen LogP contribution is 2.35. The summed E-state index contributed by atoms with van der Waals surface area (Å²) < 4.78 is 2.22. The van der Waals surface area contributed by atoms with Gasteiger partial charge in [-0.2, -0.15) is 5.10 Å². The van der Waals surface area contributed by atoms with Crippen molar-refractivity contribution in [3.8, 4) is 22.3 Å². The van der Waals surface area contributed by atoms with E-state index in [2.05, 4.69) is 45.9 Å². The average molecular weight is 479 g/mol. The first-order chi connectivity index (χ1) is 17.5. The summed E-state index contributed by atoms with van der Waals surface area (Å²) in [4.78, 5) is 24.3. The predicted molar refractivity (Wildman–Crippen MR) is 144 cm³/mol. The topological polar surface area (TPSA) is 70.0 Å². The minimum atomic E-state index is -0.00156. The van der Waals surface area contributed by atoms with Crippen LogP contribution in [0, 0.1) is 0 Å². The van der Waals surface area contributed by atoms with Crippen LogP contribution in [0.1, 0.15) is 29.2 Å². The lowest BCUT2D eigenvalue weighted by atomic mass is 9.99. The Morgan fingerprint density at radius 3 is 2.50 bits per heavy atom. The molecule has 0 atom stereocenters. The Bertz CT molecular complexity index is 1550. The second-order valence-electron chi connectivity index (χ2n) is 9.96. The molecule has 1 fully saturated rings. The molecule has 0 aliphatic carbocycles. The van der Waals surface area contributed by atoms with Gasteiger partial charge in [0.1, 0.15) is 5.65 Å². The Balaban J connectivity index is 1.38. The van der Waals surface area contributed by atoms with Crippen molar-refractivity contribution in [3.63, 3.8) is 0 Å². The molecule has 0 saturated carbocycles. The highest BCUT2D eigenvalue weighted by atomic mass is 16.2. The van der Waals surface area contributed by atoms with Gasteiger partial charge in [0.15, 0.2) is 0 Å². The highest BCUT2D eigenvalue weighted by Gasteiger charge is 2.21. The number of hydrogen-bond donors (Lipinski definition) is 1. The zero-order valence-electron chi connectivity index (χ0n) is 20.9. The number of piperidine rings is 1. The first kappa shape index (κ1) is 22.5. The highest BCUT2D eigenvalue weighted by molar-refractivity contribution is 6.00. The van der Waals surface area contributed by atoms with Crippen LogP contribution in [0.3, 0.4) is 0 Å². The van der Waals surface area contributed by atoms with Crippen molar-refractivity contribution in [1.29, 1.82) is 0 Å². The van der Waals surface area contributed by atoms with E-state index in [9.17, 15) is 4.79 Å². The number of aromatic amines is 1. The summed E-state index contributed by atoms with van der Waals surface area (Å²) in [5.41, 5.74) is 7.02. The summed E-state index contributed by atoms with van der Waals surface area (Å²) in [6, 6.07) is 16.8. The van der Waals surface area contributed by atoms with Crippen molar-refractivity contribution < 1.29 is 4.79 Å². The molecule has 0 radical (unpaired) electrons. The molecule has 0 spiro atoms. The molecule has 0 bridgehead atoms. The number of rotatable bonds is 4. The van der Waals surface area contributed by atoms with Gasteiger partial charge in [-0.1, -0.05) is 24.3 Å². The fraction of sp³-hybridized carbons (Fsp3) is 0.276. The van der Waals surface area contributed by atoms with E-state index in [4.69, 9.17) is 10.1 Å². The smallest absolute Gasteiger partial charge is 0.253 e. The lowest BCUT2D eigenvalue weighted by molar-refractivity contribution is 0.0827. The van der Waals surface area contributed by atoms with Gasteiger partial charge in [0.05, 0.1) is 17.8 Å². The van der Waals surface area contributed by atoms with Gasteiger partial charge in [-0.3, -0.25) is 9.48 Å². The molecule has 6 rings (SSSR count). The van der Waals surface area contributed by atoms with Gasteiger partial charge in [-0.15, -0.1) is 0 Å². The molecular formula is C29H30N6O. The maximum atomic E-state index is 12.3. The number of amides is 1. The van der Waals surface area contributed by atoms with Gasteiger partial charge in [-0.05, 0) is 68.4 Å². The van der Waals surface area contributed by atoms with E-state index in [1.807, 2.05) is 42.9 Å². The third kappa shape index (κ3) is 3.85. The Kier molecular flexibility index (Phi) is 5.57. The second kappa shape index (κ2) is 8.91. The lowest BCUT2D eigenvalue weighted by Gasteiger charge is -2.29. The Hall–Kier alpha value is -3.97. The molecule has 182 valence electrons. The summed E-state index contributed by atoms with van der Waals surface area (Å²) in [7, 11) is 5.72. The number of H-pyrrole nitrogens is 1. The number of nitrogens with one attached hydrogen (secondary N) is 1. The molecule has 1 aliphatic heterocycles. The number of hydrogen-bond acceptors (Lipinski definition) is 4. The molecule has 1 amide bonds. The van der Waals surface area contributed by atoms with Gasteiger partial charge in [-0.25, -0.2) is 4.98 Å². The van der Waals surface area contributed by atoms with E-state index < -0.39 is 0 Å². The van der Waals surface area contributed by atoms with Gasteiger partial charge in [0, 0.05) is 54.0 Å². The molecule has 7 nitrogen and oxygen atoms in total. The van der Waals surface area contributed by atoms with Crippen molar-refractivity contribution in [2.75, 3.05) is 34.2 Å². The van der Waals surface area contributed by atoms with Gasteiger partial charge >= 0.3 is 0 Å². The first-order valence-electron chi connectivity index (χ1n) is 12.4. The number of benzene rings is 2. The summed E-state index contributed by atoms with van der Waals surface area (Å²) in [5, 5.41) is 7.03. The minimum absolute atomic E-state index is 0.00156. The van der Waals surface area contributed by atoms with Crippen LogP contribution in [0.5, 0.6) is 0 Å². The number of aromatic nitrogens is 4. The van der Waals surface area contributed by atoms with Crippen LogP contribution in [0.2, 0.25) is 0 Å². The maximum Gasteiger partial charge on any atom is 0.253 e. The van der Waals surface area contributed by atoms with Crippen molar-refractivity contribution in [2.24, 2.45) is 0 Å². The first-order valence-corrected chi connectivity index (χ1v) is 12.4.